The Kier molecular flexibility index (Phi) is 5.78. The van der Waals surface area contributed by atoms with Crippen LogP contribution in [0.25, 0.3) is 11.1 Å². The fraction of sp³-hybridized carbons (Fsp3) is 0.364. The summed E-state index contributed by atoms with van der Waals surface area (Å²) in [5, 5.41) is 7.84. The fourth-order valence-electron chi connectivity index (χ4n) is 4.42. The third-order valence-corrected chi connectivity index (χ3v) is 7.40. The van der Waals surface area contributed by atoms with Gasteiger partial charge in [0, 0.05) is 12.1 Å². The van der Waals surface area contributed by atoms with Crippen LogP contribution in [0.3, 0.4) is 0 Å². The Morgan fingerprint density at radius 3 is 2.28 bits per heavy atom. The van der Waals surface area contributed by atoms with Crippen molar-refractivity contribution < 1.29 is 8.42 Å². The summed E-state index contributed by atoms with van der Waals surface area (Å²) in [4.78, 5) is 0.304. The number of nitrogens with one attached hydrogen (secondary N) is 1. The van der Waals surface area contributed by atoms with Gasteiger partial charge in [-0.3, -0.25) is 0 Å². The van der Waals surface area contributed by atoms with Gasteiger partial charge in [0.15, 0.2) is 0 Å². The van der Waals surface area contributed by atoms with E-state index in [4.69, 9.17) is 0 Å². The average molecular weight is 411 g/mol. The van der Waals surface area contributed by atoms with Crippen molar-refractivity contribution in [3.63, 3.8) is 0 Å². The van der Waals surface area contributed by atoms with Gasteiger partial charge in [-0.15, -0.1) is 10.2 Å². The first kappa shape index (κ1) is 19.8. The van der Waals surface area contributed by atoms with Crippen molar-refractivity contribution in [2.75, 3.05) is 0 Å². The molecular weight excluding hydrogens is 384 g/mol. The number of nitrogens with zero attached hydrogens (tertiary/aromatic N) is 3. The second-order valence-electron chi connectivity index (χ2n) is 7.60. The summed E-state index contributed by atoms with van der Waals surface area (Å²) in [6, 6.07) is 17.2. The maximum atomic E-state index is 13.1. The van der Waals surface area contributed by atoms with Crippen LogP contribution in [0.15, 0.2) is 72.1 Å². The van der Waals surface area contributed by atoms with Gasteiger partial charge in [0.05, 0.1) is 4.90 Å². The summed E-state index contributed by atoms with van der Waals surface area (Å²) in [7, 11) is -3.58. The van der Waals surface area contributed by atoms with Gasteiger partial charge < -0.3 is 4.57 Å². The van der Waals surface area contributed by atoms with Crippen LogP contribution in [0.4, 0.5) is 0 Å². The standard InChI is InChI=1S/C22H26N4O2S/c1-2-20-21(9-6-10-22(20)26-15-23-24-16-26)25-29(27,28)19-13-11-18(12-14-19)17-7-4-3-5-8-17/h3-5,7-8,11-16,20-22,25H,2,6,9-10H2,1H3/t20?,21-,22+/m0/s1. The zero-order valence-corrected chi connectivity index (χ0v) is 17.3. The molecule has 0 aliphatic heterocycles. The molecule has 29 heavy (non-hydrogen) atoms. The van der Waals surface area contributed by atoms with Crippen molar-refractivity contribution in [3.05, 3.63) is 67.3 Å². The van der Waals surface area contributed by atoms with E-state index in [-0.39, 0.29) is 18.0 Å². The van der Waals surface area contributed by atoms with E-state index in [1.54, 1.807) is 24.8 Å². The number of hydrogen-bond donors (Lipinski definition) is 1. The first-order valence-corrected chi connectivity index (χ1v) is 11.6. The molecule has 3 aromatic rings. The smallest absolute Gasteiger partial charge is 0.240 e. The van der Waals surface area contributed by atoms with Crippen LogP contribution in [0.2, 0.25) is 0 Å². The molecule has 0 saturated heterocycles. The average Bonchev–Trinajstić information content (AvgIpc) is 3.29. The van der Waals surface area contributed by atoms with Crippen LogP contribution in [-0.4, -0.2) is 29.2 Å². The number of aromatic nitrogens is 3. The monoisotopic (exact) mass is 410 g/mol. The summed E-state index contributed by atoms with van der Waals surface area (Å²) in [5.74, 6) is 0.207. The predicted octanol–water partition coefficient (Wildman–Crippen LogP) is 4.04. The van der Waals surface area contributed by atoms with Crippen molar-refractivity contribution >= 4 is 10.0 Å². The molecule has 1 N–H and O–H groups in total. The van der Waals surface area contributed by atoms with Gasteiger partial charge in [0.2, 0.25) is 10.0 Å². The molecule has 0 amide bonds. The maximum absolute atomic E-state index is 13.1. The molecule has 1 aromatic heterocycles. The van der Waals surface area contributed by atoms with Crippen LogP contribution in [0, 0.1) is 5.92 Å². The van der Waals surface area contributed by atoms with Gasteiger partial charge >= 0.3 is 0 Å². The summed E-state index contributed by atoms with van der Waals surface area (Å²) >= 11 is 0. The molecule has 1 fully saturated rings. The second-order valence-corrected chi connectivity index (χ2v) is 9.31. The number of benzene rings is 2. The van der Waals surface area contributed by atoms with Crippen LogP contribution in [-0.2, 0) is 10.0 Å². The molecule has 1 aliphatic carbocycles. The molecule has 7 heteroatoms. The molecule has 1 saturated carbocycles. The Labute approximate surface area is 172 Å². The SMILES string of the molecule is CCC1[C@@H](NS(=O)(=O)c2ccc(-c3ccccc3)cc2)CCC[C@H]1n1cnnc1. The molecule has 1 aliphatic rings. The molecule has 0 spiro atoms. The highest BCUT2D eigenvalue weighted by Crippen LogP contribution is 2.36. The van der Waals surface area contributed by atoms with E-state index in [0.29, 0.717) is 4.90 Å². The second kappa shape index (κ2) is 8.47. The number of sulfonamides is 1. The largest absolute Gasteiger partial charge is 0.317 e. The van der Waals surface area contributed by atoms with Crippen molar-refractivity contribution in [1.82, 2.24) is 19.5 Å². The zero-order valence-electron chi connectivity index (χ0n) is 16.5. The molecule has 0 bridgehead atoms. The molecule has 4 rings (SSSR count). The van der Waals surface area contributed by atoms with Crippen LogP contribution >= 0.6 is 0 Å². The van der Waals surface area contributed by atoms with Gasteiger partial charge in [0.1, 0.15) is 12.7 Å². The molecule has 0 radical (unpaired) electrons. The predicted molar refractivity (Wildman–Crippen MR) is 113 cm³/mol. The lowest BCUT2D eigenvalue weighted by Crippen LogP contribution is -2.45. The minimum atomic E-state index is -3.58. The first-order valence-electron chi connectivity index (χ1n) is 10.1. The van der Waals surface area contributed by atoms with Crippen molar-refractivity contribution in [2.45, 2.75) is 49.6 Å². The van der Waals surface area contributed by atoms with Crippen LogP contribution in [0.5, 0.6) is 0 Å². The number of hydrogen-bond acceptors (Lipinski definition) is 4. The van der Waals surface area contributed by atoms with Gasteiger partial charge in [-0.2, -0.15) is 0 Å². The lowest BCUT2D eigenvalue weighted by atomic mass is 9.79. The Balaban J connectivity index is 1.53. The third kappa shape index (κ3) is 4.26. The zero-order chi connectivity index (χ0) is 20.3. The van der Waals surface area contributed by atoms with E-state index in [0.717, 1.165) is 36.8 Å². The van der Waals surface area contributed by atoms with E-state index in [9.17, 15) is 8.42 Å². The molecule has 6 nitrogen and oxygen atoms in total. The maximum Gasteiger partial charge on any atom is 0.240 e. The molecular formula is C22H26N4O2S. The van der Waals surface area contributed by atoms with E-state index in [1.807, 2.05) is 47.0 Å². The summed E-state index contributed by atoms with van der Waals surface area (Å²) < 4.78 is 31.1. The van der Waals surface area contributed by atoms with E-state index < -0.39 is 10.0 Å². The summed E-state index contributed by atoms with van der Waals surface area (Å²) in [6.07, 6.45) is 7.18. The van der Waals surface area contributed by atoms with Crippen molar-refractivity contribution in [2.24, 2.45) is 5.92 Å². The Morgan fingerprint density at radius 2 is 1.62 bits per heavy atom. The van der Waals surface area contributed by atoms with Gasteiger partial charge in [0.25, 0.3) is 0 Å². The van der Waals surface area contributed by atoms with Gasteiger partial charge in [-0.25, -0.2) is 13.1 Å². The Morgan fingerprint density at radius 1 is 0.966 bits per heavy atom. The molecule has 152 valence electrons. The molecule has 3 atom stereocenters. The lowest BCUT2D eigenvalue weighted by Gasteiger charge is -2.38. The minimum absolute atomic E-state index is 0.0973. The highest BCUT2D eigenvalue weighted by Gasteiger charge is 2.35. The Bertz CT molecular complexity index is 1020. The quantitative estimate of drug-likeness (QED) is 0.665. The van der Waals surface area contributed by atoms with E-state index >= 15 is 0 Å². The highest BCUT2D eigenvalue weighted by molar-refractivity contribution is 7.89. The number of rotatable bonds is 6. The topological polar surface area (TPSA) is 76.9 Å². The lowest BCUT2D eigenvalue weighted by molar-refractivity contribution is 0.190. The molecule has 1 unspecified atom stereocenters. The summed E-state index contributed by atoms with van der Waals surface area (Å²) in [6.45, 7) is 2.11. The van der Waals surface area contributed by atoms with Gasteiger partial charge in [-0.05, 0) is 54.9 Å². The van der Waals surface area contributed by atoms with E-state index in [1.165, 1.54) is 0 Å². The molecule has 2 aromatic carbocycles. The van der Waals surface area contributed by atoms with E-state index in [2.05, 4.69) is 21.8 Å². The summed E-state index contributed by atoms with van der Waals surface area (Å²) in [5.41, 5.74) is 2.07. The van der Waals surface area contributed by atoms with Crippen LogP contribution < -0.4 is 4.72 Å². The third-order valence-electron chi connectivity index (χ3n) is 5.90. The Hall–Kier alpha value is -2.51. The highest BCUT2D eigenvalue weighted by atomic mass is 32.2. The first-order chi connectivity index (χ1) is 14.1. The fourth-order valence-corrected chi connectivity index (χ4v) is 5.74. The van der Waals surface area contributed by atoms with Crippen molar-refractivity contribution in [3.8, 4) is 11.1 Å². The molecule has 1 heterocycles. The van der Waals surface area contributed by atoms with Crippen LogP contribution in [0.1, 0.15) is 38.6 Å². The van der Waals surface area contributed by atoms with Crippen molar-refractivity contribution in [1.29, 1.82) is 0 Å². The normalized spacial score (nSPS) is 22.4. The minimum Gasteiger partial charge on any atom is -0.317 e. The van der Waals surface area contributed by atoms with Gasteiger partial charge in [-0.1, -0.05) is 49.4 Å².